The molecule has 1 aromatic heterocycles. The second-order valence-corrected chi connectivity index (χ2v) is 5.57. The predicted molar refractivity (Wildman–Crippen MR) is 78.2 cm³/mol. The van der Waals surface area contributed by atoms with Crippen molar-refractivity contribution < 1.29 is 19.4 Å². The molecule has 0 spiro atoms. The normalized spacial score (nSPS) is 11.0. The highest BCUT2D eigenvalue weighted by atomic mass is 16.6. The van der Waals surface area contributed by atoms with E-state index in [0.29, 0.717) is 24.9 Å². The maximum Gasteiger partial charge on any atom is 0.407 e. The molecule has 4 N–H and O–H groups in total. The van der Waals surface area contributed by atoms with Crippen molar-refractivity contribution in [1.29, 1.82) is 0 Å². The summed E-state index contributed by atoms with van der Waals surface area (Å²) in [5.74, 6) is -1.10. The van der Waals surface area contributed by atoms with Crippen LogP contribution in [0, 0.1) is 0 Å². The van der Waals surface area contributed by atoms with Crippen molar-refractivity contribution in [3.05, 3.63) is 23.4 Å². The third kappa shape index (κ3) is 5.68. The van der Waals surface area contributed by atoms with Gasteiger partial charge in [-0.15, -0.1) is 0 Å². The summed E-state index contributed by atoms with van der Waals surface area (Å²) in [6.07, 6.45) is 2.03. The largest absolute Gasteiger partial charge is 0.478 e. The SMILES string of the molecule is CC(C)(C)OC(=O)NCCCc1ccnc(N)c1C(=O)O. The zero-order chi connectivity index (χ0) is 16.0. The molecule has 0 aliphatic rings. The van der Waals surface area contributed by atoms with Crippen LogP contribution in [-0.2, 0) is 11.2 Å². The van der Waals surface area contributed by atoms with Gasteiger partial charge in [0.2, 0.25) is 0 Å². The molecule has 116 valence electrons. The lowest BCUT2D eigenvalue weighted by atomic mass is 10.0. The monoisotopic (exact) mass is 295 g/mol. The van der Waals surface area contributed by atoms with Crippen LogP contribution in [0.3, 0.4) is 0 Å². The number of aromatic carboxylic acids is 1. The Labute approximate surface area is 123 Å². The molecule has 0 atom stereocenters. The van der Waals surface area contributed by atoms with Gasteiger partial charge in [0.05, 0.1) is 0 Å². The van der Waals surface area contributed by atoms with E-state index in [1.807, 2.05) is 0 Å². The average molecular weight is 295 g/mol. The molecule has 1 heterocycles. The van der Waals surface area contributed by atoms with Gasteiger partial charge < -0.3 is 20.9 Å². The molecule has 1 aromatic rings. The minimum absolute atomic E-state index is 0.0000940. The Kier molecular flexibility index (Phi) is 5.52. The third-order valence-electron chi connectivity index (χ3n) is 2.57. The maximum absolute atomic E-state index is 11.4. The molecule has 0 bridgehead atoms. The molecule has 1 rings (SSSR count). The lowest BCUT2D eigenvalue weighted by Crippen LogP contribution is -2.33. The first kappa shape index (κ1) is 16.7. The summed E-state index contributed by atoms with van der Waals surface area (Å²) in [6, 6.07) is 1.62. The molecule has 7 heteroatoms. The van der Waals surface area contributed by atoms with Crippen molar-refractivity contribution in [1.82, 2.24) is 10.3 Å². The maximum atomic E-state index is 11.4. The number of anilines is 1. The standard InChI is InChI=1S/C14H21N3O4/c1-14(2,3)21-13(20)17-7-4-5-9-6-8-16-11(15)10(9)12(18)19/h6,8H,4-5,7H2,1-3H3,(H2,15,16)(H,17,20)(H,18,19). The zero-order valence-corrected chi connectivity index (χ0v) is 12.5. The first-order valence-corrected chi connectivity index (χ1v) is 6.64. The Morgan fingerprint density at radius 3 is 2.67 bits per heavy atom. The molecule has 21 heavy (non-hydrogen) atoms. The number of hydrogen-bond donors (Lipinski definition) is 3. The fourth-order valence-corrected chi connectivity index (χ4v) is 1.76. The summed E-state index contributed by atoms with van der Waals surface area (Å²) in [4.78, 5) is 26.3. The molecule has 7 nitrogen and oxygen atoms in total. The van der Waals surface area contributed by atoms with Crippen molar-refractivity contribution in [3.63, 3.8) is 0 Å². The number of pyridine rings is 1. The van der Waals surface area contributed by atoms with Gasteiger partial charge in [0, 0.05) is 12.7 Å². The van der Waals surface area contributed by atoms with E-state index in [1.165, 1.54) is 6.20 Å². The van der Waals surface area contributed by atoms with Crippen molar-refractivity contribution in [2.45, 2.75) is 39.2 Å². The van der Waals surface area contributed by atoms with Gasteiger partial charge >= 0.3 is 12.1 Å². The van der Waals surface area contributed by atoms with E-state index >= 15 is 0 Å². The van der Waals surface area contributed by atoms with Crippen LogP contribution in [0.4, 0.5) is 10.6 Å². The molecular weight excluding hydrogens is 274 g/mol. The van der Waals surface area contributed by atoms with Crippen molar-refractivity contribution in [3.8, 4) is 0 Å². The average Bonchev–Trinajstić information content (AvgIpc) is 2.32. The third-order valence-corrected chi connectivity index (χ3v) is 2.57. The second-order valence-electron chi connectivity index (χ2n) is 5.57. The van der Waals surface area contributed by atoms with Crippen molar-refractivity contribution in [2.75, 3.05) is 12.3 Å². The highest BCUT2D eigenvalue weighted by Gasteiger charge is 2.16. The topological polar surface area (TPSA) is 115 Å². The molecule has 0 unspecified atom stereocenters. The highest BCUT2D eigenvalue weighted by Crippen LogP contribution is 2.16. The molecule has 0 fully saturated rings. The van der Waals surface area contributed by atoms with E-state index in [4.69, 9.17) is 15.6 Å². The van der Waals surface area contributed by atoms with E-state index in [2.05, 4.69) is 10.3 Å². The molecule has 0 radical (unpaired) electrons. The van der Waals surface area contributed by atoms with Gasteiger partial charge in [-0.1, -0.05) is 0 Å². The number of ether oxygens (including phenoxy) is 1. The van der Waals surface area contributed by atoms with Gasteiger partial charge in [0.1, 0.15) is 17.0 Å². The number of aryl methyl sites for hydroxylation is 1. The number of carbonyl (C=O) groups is 2. The number of rotatable bonds is 5. The Morgan fingerprint density at radius 1 is 1.43 bits per heavy atom. The van der Waals surface area contributed by atoms with E-state index in [0.717, 1.165) is 0 Å². The first-order chi connectivity index (χ1) is 9.70. The minimum Gasteiger partial charge on any atom is -0.478 e. The van der Waals surface area contributed by atoms with Crippen molar-refractivity contribution in [2.24, 2.45) is 0 Å². The number of carboxylic acids is 1. The number of carboxylic acid groups (broad SMARTS) is 1. The molecule has 1 amide bonds. The van der Waals surface area contributed by atoms with E-state index in [9.17, 15) is 9.59 Å². The van der Waals surface area contributed by atoms with Gasteiger partial charge in [0.25, 0.3) is 0 Å². The molecule has 0 aromatic carbocycles. The Bertz CT molecular complexity index is 523. The van der Waals surface area contributed by atoms with Gasteiger partial charge in [-0.25, -0.2) is 14.6 Å². The lowest BCUT2D eigenvalue weighted by Gasteiger charge is -2.19. The number of nitrogens with two attached hydrogens (primary N) is 1. The summed E-state index contributed by atoms with van der Waals surface area (Å²) in [6.45, 7) is 5.73. The number of nitrogens with zero attached hydrogens (tertiary/aromatic N) is 1. The van der Waals surface area contributed by atoms with E-state index in [-0.39, 0.29) is 11.4 Å². The Morgan fingerprint density at radius 2 is 2.10 bits per heavy atom. The number of hydrogen-bond acceptors (Lipinski definition) is 5. The Hall–Kier alpha value is -2.31. The smallest absolute Gasteiger partial charge is 0.407 e. The van der Waals surface area contributed by atoms with Crippen LogP contribution in [0.1, 0.15) is 43.1 Å². The molecular formula is C14H21N3O4. The number of amides is 1. The molecule has 0 aliphatic heterocycles. The zero-order valence-electron chi connectivity index (χ0n) is 12.5. The first-order valence-electron chi connectivity index (χ1n) is 6.64. The second kappa shape index (κ2) is 6.92. The summed E-state index contributed by atoms with van der Waals surface area (Å²) < 4.78 is 5.10. The fourth-order valence-electron chi connectivity index (χ4n) is 1.76. The number of alkyl carbamates (subject to hydrolysis) is 1. The van der Waals surface area contributed by atoms with Crippen LogP contribution in [0.25, 0.3) is 0 Å². The highest BCUT2D eigenvalue weighted by molar-refractivity contribution is 5.94. The van der Waals surface area contributed by atoms with Crippen LogP contribution in [0.15, 0.2) is 12.3 Å². The number of nitrogens with one attached hydrogen (secondary N) is 1. The van der Waals surface area contributed by atoms with Crippen LogP contribution in [0.2, 0.25) is 0 Å². The summed E-state index contributed by atoms with van der Waals surface area (Å²) in [5.41, 5.74) is 5.64. The quantitative estimate of drug-likeness (QED) is 0.714. The number of nitrogen functional groups attached to an aromatic ring is 1. The summed E-state index contributed by atoms with van der Waals surface area (Å²) in [7, 11) is 0. The Balaban J connectivity index is 2.49. The summed E-state index contributed by atoms with van der Waals surface area (Å²) >= 11 is 0. The lowest BCUT2D eigenvalue weighted by molar-refractivity contribution is 0.0526. The van der Waals surface area contributed by atoms with Gasteiger partial charge in [-0.3, -0.25) is 0 Å². The number of carbonyl (C=O) groups excluding carboxylic acids is 1. The van der Waals surface area contributed by atoms with Crippen LogP contribution < -0.4 is 11.1 Å². The van der Waals surface area contributed by atoms with Crippen LogP contribution >= 0.6 is 0 Å². The summed E-state index contributed by atoms with van der Waals surface area (Å²) in [5, 5.41) is 11.7. The van der Waals surface area contributed by atoms with E-state index < -0.39 is 17.7 Å². The van der Waals surface area contributed by atoms with Gasteiger partial charge in [-0.2, -0.15) is 0 Å². The molecule has 0 saturated heterocycles. The van der Waals surface area contributed by atoms with Crippen LogP contribution in [0.5, 0.6) is 0 Å². The fraction of sp³-hybridized carbons (Fsp3) is 0.500. The van der Waals surface area contributed by atoms with E-state index in [1.54, 1.807) is 26.8 Å². The minimum atomic E-state index is -1.10. The van der Waals surface area contributed by atoms with Crippen LogP contribution in [-0.4, -0.2) is 34.3 Å². The van der Waals surface area contributed by atoms with Crippen molar-refractivity contribution >= 4 is 17.9 Å². The molecule has 0 aliphatic carbocycles. The van der Waals surface area contributed by atoms with Gasteiger partial charge in [-0.05, 0) is 45.2 Å². The predicted octanol–water partition coefficient (Wildman–Crippen LogP) is 1.82. The van der Waals surface area contributed by atoms with Gasteiger partial charge in [0.15, 0.2) is 0 Å². The number of aromatic nitrogens is 1. The molecule has 0 saturated carbocycles.